The molecule has 1 aromatic carbocycles. The topological polar surface area (TPSA) is 58.2 Å². The molecule has 0 saturated heterocycles. The normalized spacial score (nSPS) is 13.4. The van der Waals surface area contributed by atoms with E-state index in [9.17, 15) is 9.59 Å². The van der Waals surface area contributed by atoms with Crippen LogP contribution < -0.4 is 10.6 Å². The Balaban J connectivity index is 1.99. The number of carbonyl (C=O) groups is 2. The summed E-state index contributed by atoms with van der Waals surface area (Å²) in [4.78, 5) is 21.9. The maximum absolute atomic E-state index is 11.1. The number of Topliss-reactive ketones (excluding diaryl/α,β-unsaturated/α-hetero) is 1. The Kier molecular flexibility index (Phi) is 3.01. The Hall–Kier alpha value is -1.68. The van der Waals surface area contributed by atoms with Crippen molar-refractivity contribution >= 4 is 17.4 Å². The maximum Gasteiger partial charge on any atom is 0.228 e. The first kappa shape index (κ1) is 10.8. The van der Waals surface area contributed by atoms with Crippen molar-refractivity contribution in [2.24, 2.45) is 0 Å². The van der Waals surface area contributed by atoms with Crippen LogP contribution in [0.4, 0.5) is 5.69 Å². The van der Waals surface area contributed by atoms with Crippen molar-refractivity contribution < 1.29 is 9.59 Å². The fraction of sp³-hybridized carbons (Fsp3) is 0.333. The molecular formula is C12H14N2O2. The molecule has 1 amide bonds. The van der Waals surface area contributed by atoms with E-state index in [1.165, 1.54) is 0 Å². The summed E-state index contributed by atoms with van der Waals surface area (Å²) < 4.78 is 0. The van der Waals surface area contributed by atoms with Crippen molar-refractivity contribution in [1.29, 1.82) is 0 Å². The van der Waals surface area contributed by atoms with Crippen molar-refractivity contribution in [3.05, 3.63) is 29.3 Å². The molecule has 1 aliphatic heterocycles. The van der Waals surface area contributed by atoms with E-state index in [1.54, 1.807) is 6.92 Å². The lowest BCUT2D eigenvalue weighted by Crippen LogP contribution is -2.20. The Morgan fingerprint density at radius 1 is 1.50 bits per heavy atom. The fourth-order valence-electron chi connectivity index (χ4n) is 1.78. The van der Waals surface area contributed by atoms with Gasteiger partial charge in [0.1, 0.15) is 5.78 Å². The van der Waals surface area contributed by atoms with Crippen LogP contribution in [0.3, 0.4) is 0 Å². The van der Waals surface area contributed by atoms with E-state index in [1.807, 2.05) is 18.2 Å². The molecule has 2 N–H and O–H groups in total. The van der Waals surface area contributed by atoms with Gasteiger partial charge in [-0.2, -0.15) is 0 Å². The van der Waals surface area contributed by atoms with Crippen molar-refractivity contribution in [3.8, 4) is 0 Å². The molecule has 0 radical (unpaired) electrons. The van der Waals surface area contributed by atoms with Gasteiger partial charge in [0.15, 0.2) is 0 Å². The van der Waals surface area contributed by atoms with Gasteiger partial charge in [-0.25, -0.2) is 0 Å². The number of hydrogen-bond donors (Lipinski definition) is 2. The number of hydrogen-bond acceptors (Lipinski definition) is 3. The number of nitrogens with one attached hydrogen (secondary N) is 2. The Labute approximate surface area is 94.0 Å². The number of benzene rings is 1. The minimum atomic E-state index is 0.0452. The molecule has 4 nitrogen and oxygen atoms in total. The second-order valence-corrected chi connectivity index (χ2v) is 4.02. The number of anilines is 1. The Morgan fingerprint density at radius 3 is 3.06 bits per heavy atom. The largest absolute Gasteiger partial charge is 0.326 e. The van der Waals surface area contributed by atoms with E-state index >= 15 is 0 Å². The summed E-state index contributed by atoms with van der Waals surface area (Å²) in [5.41, 5.74) is 3.03. The van der Waals surface area contributed by atoms with Crippen molar-refractivity contribution in [1.82, 2.24) is 5.32 Å². The monoisotopic (exact) mass is 218 g/mol. The molecule has 0 aromatic heterocycles. The van der Waals surface area contributed by atoms with Crippen LogP contribution in [0.15, 0.2) is 18.2 Å². The summed E-state index contributed by atoms with van der Waals surface area (Å²) in [6.07, 6.45) is 0.454. The van der Waals surface area contributed by atoms with Gasteiger partial charge < -0.3 is 10.6 Å². The Morgan fingerprint density at radius 2 is 2.31 bits per heavy atom. The van der Waals surface area contributed by atoms with Crippen LogP contribution in [0, 0.1) is 0 Å². The van der Waals surface area contributed by atoms with Crippen molar-refractivity contribution in [2.75, 3.05) is 11.9 Å². The third-order valence-electron chi connectivity index (χ3n) is 2.50. The zero-order valence-electron chi connectivity index (χ0n) is 9.17. The summed E-state index contributed by atoms with van der Waals surface area (Å²) in [6.45, 7) is 2.59. The first-order valence-electron chi connectivity index (χ1n) is 5.27. The van der Waals surface area contributed by atoms with Gasteiger partial charge in [-0.05, 0) is 24.1 Å². The molecule has 0 bridgehead atoms. The second kappa shape index (κ2) is 4.45. The van der Waals surface area contributed by atoms with Crippen LogP contribution in [0.2, 0.25) is 0 Å². The van der Waals surface area contributed by atoms with E-state index in [0.29, 0.717) is 19.5 Å². The SMILES string of the molecule is CC(=O)CNCc1ccc2c(c1)CC(=O)N2. The molecular weight excluding hydrogens is 204 g/mol. The van der Waals surface area contributed by atoms with Gasteiger partial charge in [0, 0.05) is 12.2 Å². The van der Waals surface area contributed by atoms with Gasteiger partial charge in [0.2, 0.25) is 5.91 Å². The molecule has 0 fully saturated rings. The predicted molar refractivity (Wildman–Crippen MR) is 61.2 cm³/mol. The fourth-order valence-corrected chi connectivity index (χ4v) is 1.78. The summed E-state index contributed by atoms with van der Waals surface area (Å²) >= 11 is 0. The standard InChI is InChI=1S/C12H14N2O2/c1-8(15)6-13-7-9-2-3-11-10(4-9)5-12(16)14-11/h2-4,13H,5-7H2,1H3,(H,14,16). The van der Waals surface area contributed by atoms with E-state index in [4.69, 9.17) is 0 Å². The molecule has 0 spiro atoms. The minimum absolute atomic E-state index is 0.0452. The van der Waals surface area contributed by atoms with Crippen molar-refractivity contribution in [3.63, 3.8) is 0 Å². The van der Waals surface area contributed by atoms with Gasteiger partial charge in [-0.15, -0.1) is 0 Å². The maximum atomic E-state index is 11.1. The predicted octanol–water partition coefficient (Wildman–Crippen LogP) is 0.860. The molecule has 1 heterocycles. The quantitative estimate of drug-likeness (QED) is 0.788. The molecule has 1 aliphatic rings. The van der Waals surface area contributed by atoms with E-state index in [-0.39, 0.29) is 11.7 Å². The van der Waals surface area contributed by atoms with Crippen LogP contribution in [-0.2, 0) is 22.6 Å². The number of ketones is 1. The summed E-state index contributed by atoms with van der Waals surface area (Å²) in [5.74, 6) is 0.168. The lowest BCUT2D eigenvalue weighted by Gasteiger charge is -2.05. The molecule has 0 unspecified atom stereocenters. The average Bonchev–Trinajstić information content (AvgIpc) is 2.56. The molecule has 4 heteroatoms. The molecule has 0 aliphatic carbocycles. The van der Waals surface area contributed by atoms with Crippen LogP contribution in [0.5, 0.6) is 0 Å². The number of carbonyl (C=O) groups excluding carboxylic acids is 2. The smallest absolute Gasteiger partial charge is 0.228 e. The number of fused-ring (bicyclic) bond motifs is 1. The van der Waals surface area contributed by atoms with Crippen LogP contribution in [-0.4, -0.2) is 18.2 Å². The number of rotatable bonds is 4. The summed E-state index contributed by atoms with van der Waals surface area (Å²) in [6, 6.07) is 5.86. The molecule has 2 rings (SSSR count). The second-order valence-electron chi connectivity index (χ2n) is 4.02. The highest BCUT2D eigenvalue weighted by Crippen LogP contribution is 2.23. The first-order valence-corrected chi connectivity index (χ1v) is 5.27. The van der Waals surface area contributed by atoms with Gasteiger partial charge in [0.05, 0.1) is 13.0 Å². The zero-order valence-corrected chi connectivity index (χ0v) is 9.17. The van der Waals surface area contributed by atoms with Gasteiger partial charge in [-0.1, -0.05) is 12.1 Å². The third-order valence-corrected chi connectivity index (χ3v) is 2.50. The minimum Gasteiger partial charge on any atom is -0.326 e. The number of amides is 1. The summed E-state index contributed by atoms with van der Waals surface area (Å²) in [7, 11) is 0. The highest BCUT2D eigenvalue weighted by molar-refractivity contribution is 5.99. The third kappa shape index (κ3) is 2.46. The van der Waals surface area contributed by atoms with E-state index < -0.39 is 0 Å². The highest BCUT2D eigenvalue weighted by atomic mass is 16.1. The molecule has 0 saturated carbocycles. The highest BCUT2D eigenvalue weighted by Gasteiger charge is 2.17. The summed E-state index contributed by atoms with van der Waals surface area (Å²) in [5, 5.41) is 5.83. The average molecular weight is 218 g/mol. The first-order chi connectivity index (χ1) is 7.65. The molecule has 84 valence electrons. The van der Waals surface area contributed by atoms with Gasteiger partial charge in [0.25, 0.3) is 0 Å². The zero-order chi connectivity index (χ0) is 11.5. The van der Waals surface area contributed by atoms with Gasteiger partial charge in [-0.3, -0.25) is 9.59 Å². The van der Waals surface area contributed by atoms with Crippen LogP contribution in [0.1, 0.15) is 18.1 Å². The molecule has 0 atom stereocenters. The lowest BCUT2D eigenvalue weighted by molar-refractivity contribution is -0.116. The Bertz CT molecular complexity index is 441. The van der Waals surface area contributed by atoms with Crippen LogP contribution in [0.25, 0.3) is 0 Å². The molecule has 16 heavy (non-hydrogen) atoms. The van der Waals surface area contributed by atoms with Gasteiger partial charge >= 0.3 is 0 Å². The van der Waals surface area contributed by atoms with E-state index in [0.717, 1.165) is 16.8 Å². The lowest BCUT2D eigenvalue weighted by atomic mass is 10.1. The van der Waals surface area contributed by atoms with Crippen LogP contribution >= 0.6 is 0 Å². The molecule has 1 aromatic rings. The van der Waals surface area contributed by atoms with E-state index in [2.05, 4.69) is 10.6 Å². The van der Waals surface area contributed by atoms with Crippen molar-refractivity contribution in [2.45, 2.75) is 19.9 Å².